The van der Waals surface area contributed by atoms with Crippen LogP contribution in [0.4, 0.5) is 0 Å². The van der Waals surface area contributed by atoms with Gasteiger partial charge < -0.3 is 9.80 Å². The van der Waals surface area contributed by atoms with E-state index in [9.17, 15) is 4.79 Å². The van der Waals surface area contributed by atoms with Crippen molar-refractivity contribution in [2.45, 2.75) is 13.3 Å². The van der Waals surface area contributed by atoms with Gasteiger partial charge >= 0.3 is 0 Å². The highest BCUT2D eigenvalue weighted by molar-refractivity contribution is 5.76. The van der Waals surface area contributed by atoms with Gasteiger partial charge in [0.25, 0.3) is 0 Å². The van der Waals surface area contributed by atoms with E-state index in [0.717, 1.165) is 26.2 Å². The molecular weight excluding hydrogens is 140 g/mol. The standard InChI is InChI=1S/C8H16N2O/c1-3-10-5-4-8(11)9(2)6-7-10/h3-7H2,1-2H3. The lowest BCUT2D eigenvalue weighted by Gasteiger charge is -2.16. The third kappa shape index (κ3) is 2.19. The maximum atomic E-state index is 11.2. The summed E-state index contributed by atoms with van der Waals surface area (Å²) in [6.07, 6.45) is 0.685. The summed E-state index contributed by atoms with van der Waals surface area (Å²) in [5.74, 6) is 0.279. The van der Waals surface area contributed by atoms with E-state index in [0.29, 0.717) is 6.42 Å². The Morgan fingerprint density at radius 2 is 2.09 bits per heavy atom. The summed E-state index contributed by atoms with van der Waals surface area (Å²) in [4.78, 5) is 15.3. The van der Waals surface area contributed by atoms with E-state index in [1.54, 1.807) is 0 Å². The van der Waals surface area contributed by atoms with Gasteiger partial charge in [0.1, 0.15) is 0 Å². The Morgan fingerprint density at radius 1 is 1.36 bits per heavy atom. The predicted octanol–water partition coefficient (Wildman–Crippen LogP) is 0.170. The second-order valence-corrected chi connectivity index (χ2v) is 3.00. The molecule has 0 atom stereocenters. The first kappa shape index (κ1) is 8.53. The summed E-state index contributed by atoms with van der Waals surface area (Å²) in [5, 5.41) is 0. The molecule has 0 radical (unpaired) electrons. The van der Waals surface area contributed by atoms with Crippen LogP contribution in [-0.2, 0) is 4.79 Å². The molecule has 0 saturated carbocycles. The first-order chi connectivity index (χ1) is 5.24. The fourth-order valence-electron chi connectivity index (χ4n) is 1.29. The largest absolute Gasteiger partial charge is 0.344 e. The molecule has 0 aromatic rings. The number of rotatable bonds is 1. The summed E-state index contributed by atoms with van der Waals surface area (Å²) < 4.78 is 0. The van der Waals surface area contributed by atoms with E-state index >= 15 is 0 Å². The lowest BCUT2D eigenvalue weighted by atomic mass is 10.4. The third-order valence-corrected chi connectivity index (χ3v) is 2.27. The number of likely N-dealkylation sites (N-methyl/N-ethyl adjacent to an activating group) is 2. The Balaban J connectivity index is 2.44. The lowest BCUT2D eigenvalue weighted by molar-refractivity contribution is -0.129. The molecule has 0 aromatic heterocycles. The van der Waals surface area contributed by atoms with Gasteiger partial charge in [-0.3, -0.25) is 4.79 Å². The van der Waals surface area contributed by atoms with Crippen molar-refractivity contribution in [2.75, 3.05) is 33.2 Å². The van der Waals surface area contributed by atoms with Gasteiger partial charge in [-0.1, -0.05) is 6.92 Å². The number of nitrogens with zero attached hydrogens (tertiary/aromatic N) is 2. The van der Waals surface area contributed by atoms with Crippen LogP contribution in [0.3, 0.4) is 0 Å². The minimum absolute atomic E-state index is 0.279. The fraction of sp³-hybridized carbons (Fsp3) is 0.875. The molecule has 0 aliphatic carbocycles. The molecule has 1 rings (SSSR count). The number of carbonyl (C=O) groups is 1. The van der Waals surface area contributed by atoms with Crippen molar-refractivity contribution in [1.82, 2.24) is 9.80 Å². The number of hydrogen-bond acceptors (Lipinski definition) is 2. The van der Waals surface area contributed by atoms with Crippen LogP contribution in [-0.4, -0.2) is 48.9 Å². The lowest BCUT2D eigenvalue weighted by Crippen LogP contribution is -2.29. The molecule has 1 amide bonds. The predicted molar refractivity (Wildman–Crippen MR) is 44.4 cm³/mol. The Kier molecular flexibility index (Phi) is 2.88. The van der Waals surface area contributed by atoms with Gasteiger partial charge in [0.15, 0.2) is 0 Å². The van der Waals surface area contributed by atoms with Crippen LogP contribution >= 0.6 is 0 Å². The fourth-order valence-corrected chi connectivity index (χ4v) is 1.29. The molecule has 1 saturated heterocycles. The monoisotopic (exact) mass is 156 g/mol. The zero-order valence-electron chi connectivity index (χ0n) is 7.34. The van der Waals surface area contributed by atoms with E-state index in [1.807, 2.05) is 11.9 Å². The third-order valence-electron chi connectivity index (χ3n) is 2.27. The molecule has 0 N–H and O–H groups in total. The molecule has 0 bridgehead atoms. The summed E-state index contributed by atoms with van der Waals surface area (Å²) in [5.41, 5.74) is 0. The first-order valence-corrected chi connectivity index (χ1v) is 4.20. The van der Waals surface area contributed by atoms with Crippen molar-refractivity contribution >= 4 is 5.91 Å². The Morgan fingerprint density at radius 3 is 2.73 bits per heavy atom. The Hall–Kier alpha value is -0.570. The van der Waals surface area contributed by atoms with Crippen LogP contribution in [0.1, 0.15) is 13.3 Å². The maximum absolute atomic E-state index is 11.2. The number of amides is 1. The molecule has 0 aromatic carbocycles. The second kappa shape index (κ2) is 3.72. The molecule has 1 heterocycles. The molecule has 1 aliphatic rings. The summed E-state index contributed by atoms with van der Waals surface area (Å²) in [6, 6.07) is 0. The van der Waals surface area contributed by atoms with E-state index in [1.165, 1.54) is 0 Å². The first-order valence-electron chi connectivity index (χ1n) is 4.20. The zero-order chi connectivity index (χ0) is 8.27. The summed E-state index contributed by atoms with van der Waals surface area (Å²) in [6.45, 7) is 6.03. The average Bonchev–Trinajstić information content (AvgIpc) is 2.16. The normalized spacial score (nSPS) is 22.0. The Labute approximate surface area is 68.0 Å². The molecule has 11 heavy (non-hydrogen) atoms. The van der Waals surface area contributed by atoms with Crippen molar-refractivity contribution in [3.05, 3.63) is 0 Å². The van der Waals surface area contributed by atoms with Crippen LogP contribution in [0.2, 0.25) is 0 Å². The van der Waals surface area contributed by atoms with E-state index < -0.39 is 0 Å². The van der Waals surface area contributed by atoms with E-state index in [-0.39, 0.29) is 5.91 Å². The molecule has 64 valence electrons. The summed E-state index contributed by atoms with van der Waals surface area (Å²) >= 11 is 0. The summed E-state index contributed by atoms with van der Waals surface area (Å²) in [7, 11) is 1.88. The molecule has 0 spiro atoms. The van der Waals surface area contributed by atoms with Crippen LogP contribution < -0.4 is 0 Å². The maximum Gasteiger partial charge on any atom is 0.223 e. The van der Waals surface area contributed by atoms with Crippen molar-refractivity contribution in [2.24, 2.45) is 0 Å². The Bertz CT molecular complexity index is 147. The van der Waals surface area contributed by atoms with Gasteiger partial charge in [-0.25, -0.2) is 0 Å². The van der Waals surface area contributed by atoms with Crippen molar-refractivity contribution in [3.63, 3.8) is 0 Å². The molecule has 1 aliphatic heterocycles. The van der Waals surface area contributed by atoms with Gasteiger partial charge in [-0.15, -0.1) is 0 Å². The molecule has 0 unspecified atom stereocenters. The van der Waals surface area contributed by atoms with Crippen LogP contribution in [0.15, 0.2) is 0 Å². The minimum Gasteiger partial charge on any atom is -0.344 e. The van der Waals surface area contributed by atoms with Crippen LogP contribution in [0, 0.1) is 0 Å². The molecule has 3 nitrogen and oxygen atoms in total. The number of carbonyl (C=O) groups excluding carboxylic acids is 1. The van der Waals surface area contributed by atoms with Crippen molar-refractivity contribution in [1.29, 1.82) is 0 Å². The molecular formula is C8H16N2O. The highest BCUT2D eigenvalue weighted by Gasteiger charge is 2.15. The quantitative estimate of drug-likeness (QED) is 0.540. The van der Waals surface area contributed by atoms with Crippen molar-refractivity contribution in [3.8, 4) is 0 Å². The smallest absolute Gasteiger partial charge is 0.223 e. The van der Waals surface area contributed by atoms with E-state index in [2.05, 4.69) is 11.8 Å². The molecule has 3 heteroatoms. The van der Waals surface area contributed by atoms with E-state index in [4.69, 9.17) is 0 Å². The topological polar surface area (TPSA) is 23.6 Å². The minimum atomic E-state index is 0.279. The average molecular weight is 156 g/mol. The van der Waals surface area contributed by atoms with Crippen molar-refractivity contribution < 1.29 is 4.79 Å². The van der Waals surface area contributed by atoms with Crippen LogP contribution in [0.25, 0.3) is 0 Å². The highest BCUT2D eigenvalue weighted by Crippen LogP contribution is 2.01. The zero-order valence-corrected chi connectivity index (χ0v) is 7.34. The second-order valence-electron chi connectivity index (χ2n) is 3.00. The van der Waals surface area contributed by atoms with Gasteiger partial charge in [-0.05, 0) is 6.54 Å². The number of hydrogen-bond donors (Lipinski definition) is 0. The van der Waals surface area contributed by atoms with Gasteiger partial charge in [0.2, 0.25) is 5.91 Å². The van der Waals surface area contributed by atoms with Gasteiger partial charge in [0.05, 0.1) is 0 Å². The van der Waals surface area contributed by atoms with Gasteiger partial charge in [0, 0.05) is 33.1 Å². The SMILES string of the molecule is CCN1CCC(=O)N(C)CC1. The van der Waals surface area contributed by atoms with Crippen LogP contribution in [0.5, 0.6) is 0 Å². The highest BCUT2D eigenvalue weighted by atomic mass is 16.2. The molecule has 1 fully saturated rings. The van der Waals surface area contributed by atoms with Gasteiger partial charge in [-0.2, -0.15) is 0 Å².